The van der Waals surface area contributed by atoms with Crippen LogP contribution in [0.15, 0.2) is 53.6 Å². The fraction of sp³-hybridized carbons (Fsp3) is 0.174. The minimum atomic E-state index is -0.345. The summed E-state index contributed by atoms with van der Waals surface area (Å²) in [5.74, 6) is -0.270. The summed E-state index contributed by atoms with van der Waals surface area (Å²) in [5.41, 5.74) is 4.96. The number of esters is 1. The third-order valence-electron chi connectivity index (χ3n) is 4.64. The van der Waals surface area contributed by atoms with Crippen molar-refractivity contribution >= 4 is 39.7 Å². The first-order valence-corrected chi connectivity index (χ1v) is 10.5. The molecule has 6 nitrogen and oxygen atoms in total. The van der Waals surface area contributed by atoms with E-state index in [1.807, 2.05) is 55.5 Å². The molecule has 0 unspecified atom stereocenters. The van der Waals surface area contributed by atoms with E-state index < -0.39 is 0 Å². The van der Waals surface area contributed by atoms with Crippen molar-refractivity contribution in [3.05, 3.63) is 59.7 Å². The molecule has 0 N–H and O–H groups in total. The second kappa shape index (κ2) is 8.47. The number of hydrogen-bond acceptors (Lipinski definition) is 7. The van der Waals surface area contributed by atoms with Crippen LogP contribution in [0.2, 0.25) is 0 Å². The summed E-state index contributed by atoms with van der Waals surface area (Å²) in [7, 11) is 0. The predicted molar refractivity (Wildman–Crippen MR) is 117 cm³/mol. The van der Waals surface area contributed by atoms with Gasteiger partial charge in [-0.05, 0) is 25.5 Å². The van der Waals surface area contributed by atoms with Gasteiger partial charge in [0.25, 0.3) is 0 Å². The molecule has 4 aromatic rings. The van der Waals surface area contributed by atoms with Crippen LogP contribution in [0, 0.1) is 18.3 Å². The van der Waals surface area contributed by atoms with Crippen LogP contribution in [-0.4, -0.2) is 33.5 Å². The molecule has 0 atom stereocenters. The zero-order valence-electron chi connectivity index (χ0n) is 16.5. The normalized spacial score (nSPS) is 10.8. The van der Waals surface area contributed by atoms with Crippen LogP contribution in [0.1, 0.15) is 18.1 Å². The standard InChI is InChI=1S/C23H18N4O2S/c1-3-29-19(28)13-30-23-17(12-24)20(15-10-8-14(2)9-11-15)22-21(25-23)16-6-4-5-7-18(16)26-27-22/h4-11H,3,13H2,1-2H3. The van der Waals surface area contributed by atoms with E-state index in [0.717, 1.165) is 22.0 Å². The molecule has 2 aromatic carbocycles. The molecule has 7 heteroatoms. The maximum absolute atomic E-state index is 11.9. The van der Waals surface area contributed by atoms with E-state index in [9.17, 15) is 10.1 Å². The van der Waals surface area contributed by atoms with E-state index in [2.05, 4.69) is 16.3 Å². The molecule has 0 aliphatic heterocycles. The molecular weight excluding hydrogens is 396 g/mol. The fourth-order valence-electron chi connectivity index (χ4n) is 3.24. The van der Waals surface area contributed by atoms with Crippen molar-refractivity contribution in [3.63, 3.8) is 0 Å². The Labute approximate surface area is 177 Å². The van der Waals surface area contributed by atoms with Crippen LogP contribution >= 0.6 is 11.8 Å². The number of pyridine rings is 1. The van der Waals surface area contributed by atoms with Gasteiger partial charge in [0, 0.05) is 10.9 Å². The van der Waals surface area contributed by atoms with Gasteiger partial charge in [-0.15, -0.1) is 10.2 Å². The molecule has 2 aromatic heterocycles. The molecule has 4 rings (SSSR count). The number of carbonyl (C=O) groups is 1. The maximum Gasteiger partial charge on any atom is 0.316 e. The van der Waals surface area contributed by atoms with Gasteiger partial charge in [-0.3, -0.25) is 4.79 Å². The number of ether oxygens (including phenoxy) is 1. The number of rotatable bonds is 5. The monoisotopic (exact) mass is 414 g/mol. The van der Waals surface area contributed by atoms with Crippen LogP contribution in [-0.2, 0) is 9.53 Å². The van der Waals surface area contributed by atoms with Gasteiger partial charge in [0.2, 0.25) is 0 Å². The molecule has 0 radical (unpaired) electrons. The number of benzene rings is 2. The lowest BCUT2D eigenvalue weighted by Gasteiger charge is -2.13. The number of aromatic nitrogens is 3. The first kappa shape index (κ1) is 19.8. The van der Waals surface area contributed by atoms with Gasteiger partial charge in [0.05, 0.1) is 23.4 Å². The van der Waals surface area contributed by atoms with Crippen LogP contribution in [0.25, 0.3) is 33.1 Å². The van der Waals surface area contributed by atoms with Crippen molar-refractivity contribution in [2.45, 2.75) is 18.9 Å². The van der Waals surface area contributed by atoms with Crippen LogP contribution in [0.3, 0.4) is 0 Å². The molecule has 2 heterocycles. The maximum atomic E-state index is 11.9. The summed E-state index contributed by atoms with van der Waals surface area (Å²) in [5, 5.41) is 20.1. The highest BCUT2D eigenvalue weighted by Gasteiger charge is 2.21. The highest BCUT2D eigenvalue weighted by Crippen LogP contribution is 2.37. The zero-order valence-corrected chi connectivity index (χ0v) is 17.4. The first-order valence-electron chi connectivity index (χ1n) is 9.47. The molecule has 0 fully saturated rings. The van der Waals surface area contributed by atoms with E-state index in [1.54, 1.807) is 6.92 Å². The number of thioether (sulfide) groups is 1. The Morgan fingerprint density at radius 1 is 1.10 bits per heavy atom. The van der Waals surface area contributed by atoms with Gasteiger partial charge in [-0.2, -0.15) is 5.26 Å². The SMILES string of the molecule is CCOC(=O)CSc1nc2c(nnc3ccccc32)c(-c2ccc(C)cc2)c1C#N. The third-order valence-corrected chi connectivity index (χ3v) is 5.59. The Kier molecular flexibility index (Phi) is 5.59. The third kappa shape index (κ3) is 3.70. The largest absolute Gasteiger partial charge is 0.465 e. The molecule has 148 valence electrons. The summed E-state index contributed by atoms with van der Waals surface area (Å²) in [6.07, 6.45) is 0. The van der Waals surface area contributed by atoms with Gasteiger partial charge >= 0.3 is 5.97 Å². The number of carbonyl (C=O) groups excluding carboxylic acids is 1. The Morgan fingerprint density at radius 3 is 2.60 bits per heavy atom. The molecular formula is C23H18N4O2S. The minimum absolute atomic E-state index is 0.0742. The average Bonchev–Trinajstić information content (AvgIpc) is 2.77. The highest BCUT2D eigenvalue weighted by molar-refractivity contribution is 7.99. The van der Waals surface area contributed by atoms with Crippen molar-refractivity contribution in [3.8, 4) is 17.2 Å². The lowest BCUT2D eigenvalue weighted by molar-refractivity contribution is -0.139. The van der Waals surface area contributed by atoms with Crippen molar-refractivity contribution in [2.24, 2.45) is 0 Å². The molecule has 0 bridgehead atoms. The number of hydrogen-bond donors (Lipinski definition) is 0. The second-order valence-electron chi connectivity index (χ2n) is 6.65. The zero-order chi connectivity index (χ0) is 21.1. The molecule has 30 heavy (non-hydrogen) atoms. The number of nitrogens with zero attached hydrogens (tertiary/aromatic N) is 4. The van der Waals surface area contributed by atoms with E-state index in [0.29, 0.717) is 33.8 Å². The summed E-state index contributed by atoms with van der Waals surface area (Å²) in [4.78, 5) is 16.6. The molecule has 0 amide bonds. The minimum Gasteiger partial charge on any atom is -0.465 e. The van der Waals surface area contributed by atoms with Gasteiger partial charge in [-0.25, -0.2) is 4.98 Å². The molecule has 0 spiro atoms. The summed E-state index contributed by atoms with van der Waals surface area (Å²) < 4.78 is 5.03. The van der Waals surface area contributed by atoms with E-state index in [-0.39, 0.29) is 11.7 Å². The van der Waals surface area contributed by atoms with Gasteiger partial charge in [-0.1, -0.05) is 59.8 Å². The van der Waals surface area contributed by atoms with Gasteiger partial charge < -0.3 is 4.74 Å². The molecule has 0 saturated carbocycles. The van der Waals surface area contributed by atoms with Gasteiger partial charge in [0.1, 0.15) is 22.1 Å². The topological polar surface area (TPSA) is 88.8 Å². The van der Waals surface area contributed by atoms with E-state index in [4.69, 9.17) is 9.72 Å². The van der Waals surface area contributed by atoms with Crippen molar-refractivity contribution < 1.29 is 9.53 Å². The van der Waals surface area contributed by atoms with Crippen molar-refractivity contribution in [1.29, 1.82) is 5.26 Å². The van der Waals surface area contributed by atoms with Crippen LogP contribution in [0.4, 0.5) is 0 Å². The second-order valence-corrected chi connectivity index (χ2v) is 7.62. The van der Waals surface area contributed by atoms with Crippen LogP contribution < -0.4 is 0 Å². The number of nitriles is 1. The lowest BCUT2D eigenvalue weighted by atomic mass is 9.98. The summed E-state index contributed by atoms with van der Waals surface area (Å²) in [6.45, 7) is 4.08. The van der Waals surface area contributed by atoms with Crippen molar-refractivity contribution in [2.75, 3.05) is 12.4 Å². The van der Waals surface area contributed by atoms with Crippen molar-refractivity contribution in [1.82, 2.24) is 15.2 Å². The average molecular weight is 414 g/mol. The number of fused-ring (bicyclic) bond motifs is 3. The van der Waals surface area contributed by atoms with Gasteiger partial charge in [0.15, 0.2) is 0 Å². The number of aryl methyl sites for hydroxylation is 1. The summed E-state index contributed by atoms with van der Waals surface area (Å²) >= 11 is 1.20. The predicted octanol–water partition coefficient (Wildman–Crippen LogP) is 4.68. The Morgan fingerprint density at radius 2 is 1.87 bits per heavy atom. The fourth-order valence-corrected chi connectivity index (χ4v) is 4.03. The van der Waals surface area contributed by atoms with E-state index in [1.165, 1.54) is 11.8 Å². The molecule has 0 aliphatic carbocycles. The van der Waals surface area contributed by atoms with E-state index >= 15 is 0 Å². The lowest BCUT2D eigenvalue weighted by Crippen LogP contribution is -2.07. The molecule has 0 saturated heterocycles. The molecule has 0 aliphatic rings. The Bertz CT molecular complexity index is 1300. The Hall–Kier alpha value is -3.50. The highest BCUT2D eigenvalue weighted by atomic mass is 32.2. The van der Waals surface area contributed by atoms with Crippen LogP contribution in [0.5, 0.6) is 0 Å². The first-order chi connectivity index (χ1) is 14.6. The quantitative estimate of drug-likeness (QED) is 0.266. The smallest absolute Gasteiger partial charge is 0.316 e. The summed E-state index contributed by atoms with van der Waals surface area (Å²) in [6, 6.07) is 17.8. The Balaban J connectivity index is 2.00.